The lowest BCUT2D eigenvalue weighted by Crippen LogP contribution is -2.18. The second-order valence-corrected chi connectivity index (χ2v) is 4.15. The molecule has 1 aromatic carbocycles. The molecule has 0 saturated carbocycles. The van der Waals surface area contributed by atoms with E-state index >= 15 is 0 Å². The minimum absolute atomic E-state index is 0.444. The molecular formula is C10H8N2O3S. The Balaban J connectivity index is 1.95. The van der Waals surface area contributed by atoms with Gasteiger partial charge in [0, 0.05) is 10.8 Å². The lowest BCUT2D eigenvalue weighted by Gasteiger charge is -1.96. The summed E-state index contributed by atoms with van der Waals surface area (Å²) in [6, 6.07) is 7.84. The van der Waals surface area contributed by atoms with E-state index in [-0.39, 0.29) is 0 Å². The van der Waals surface area contributed by atoms with Crippen molar-refractivity contribution in [3.63, 3.8) is 0 Å². The van der Waals surface area contributed by atoms with Crippen molar-refractivity contribution in [2.75, 3.05) is 0 Å². The maximum Gasteiger partial charge on any atom is 0.309 e. The molecule has 0 bridgehead atoms. The summed E-state index contributed by atoms with van der Waals surface area (Å²) in [4.78, 5) is 0. The van der Waals surface area contributed by atoms with Crippen molar-refractivity contribution in [1.82, 2.24) is 5.48 Å². The van der Waals surface area contributed by atoms with Crippen molar-refractivity contribution in [2.24, 2.45) is 4.40 Å². The topological polar surface area (TPSA) is 63.8 Å². The summed E-state index contributed by atoms with van der Waals surface area (Å²) in [6.07, 6.45) is 2.14. The van der Waals surface area contributed by atoms with E-state index < -0.39 is 11.3 Å². The van der Waals surface area contributed by atoms with Crippen LogP contribution in [0.15, 0.2) is 39.3 Å². The van der Waals surface area contributed by atoms with Gasteiger partial charge in [-0.1, -0.05) is 24.3 Å². The number of benzene rings is 1. The number of amidine groups is 1. The number of rotatable bonds is 2. The SMILES string of the molecule is O=S1N=C(Cc2occ3ccccc23)NO1. The zero-order valence-electron chi connectivity index (χ0n) is 8.17. The number of hydroxylamine groups is 1. The van der Waals surface area contributed by atoms with E-state index in [9.17, 15) is 4.21 Å². The highest BCUT2D eigenvalue weighted by Gasteiger charge is 2.16. The number of fused-ring (bicyclic) bond motifs is 1. The van der Waals surface area contributed by atoms with E-state index in [1.54, 1.807) is 6.26 Å². The summed E-state index contributed by atoms with van der Waals surface area (Å²) < 4.78 is 24.7. The average molecular weight is 236 g/mol. The Hall–Kier alpha value is -1.66. The molecule has 6 heteroatoms. The molecular weight excluding hydrogens is 228 g/mol. The van der Waals surface area contributed by atoms with E-state index in [2.05, 4.69) is 14.2 Å². The smallest absolute Gasteiger partial charge is 0.309 e. The van der Waals surface area contributed by atoms with Crippen LogP contribution in [0.4, 0.5) is 0 Å². The van der Waals surface area contributed by atoms with Gasteiger partial charge in [0.05, 0.1) is 12.7 Å². The van der Waals surface area contributed by atoms with Crippen LogP contribution in [0.3, 0.4) is 0 Å². The second kappa shape index (κ2) is 3.73. The minimum Gasteiger partial charge on any atom is -0.468 e. The van der Waals surface area contributed by atoms with Gasteiger partial charge in [-0.05, 0) is 0 Å². The molecule has 3 rings (SSSR count). The fraction of sp³-hybridized carbons (Fsp3) is 0.100. The Labute approximate surface area is 93.9 Å². The molecule has 1 atom stereocenters. The van der Waals surface area contributed by atoms with Gasteiger partial charge in [-0.2, -0.15) is 4.28 Å². The second-order valence-electron chi connectivity index (χ2n) is 3.36. The Morgan fingerprint density at radius 2 is 2.25 bits per heavy atom. The van der Waals surface area contributed by atoms with E-state index in [1.807, 2.05) is 24.3 Å². The van der Waals surface area contributed by atoms with Crippen LogP contribution in [-0.2, 0) is 22.0 Å². The fourth-order valence-electron chi connectivity index (χ4n) is 1.62. The molecule has 1 unspecified atom stereocenters. The standard InChI is InChI=1S/C10H8N2O3S/c13-16-12-10(11-15-16)5-9-8-4-2-1-3-7(8)6-14-9/h1-4,6H,5H2,(H,11,12). The Morgan fingerprint density at radius 3 is 3.06 bits per heavy atom. The highest BCUT2D eigenvalue weighted by molar-refractivity contribution is 7.79. The number of nitrogens with zero attached hydrogens (tertiary/aromatic N) is 1. The Kier molecular flexibility index (Phi) is 2.23. The first-order chi connectivity index (χ1) is 7.83. The molecule has 0 radical (unpaired) electrons. The van der Waals surface area contributed by atoms with Crippen LogP contribution >= 0.6 is 0 Å². The summed E-state index contributed by atoms with van der Waals surface area (Å²) >= 11 is -1.61. The molecule has 1 aromatic heterocycles. The van der Waals surface area contributed by atoms with Gasteiger partial charge in [0.1, 0.15) is 11.6 Å². The van der Waals surface area contributed by atoms with Crippen molar-refractivity contribution in [3.05, 3.63) is 36.3 Å². The molecule has 1 N–H and O–H groups in total. The molecule has 1 aliphatic heterocycles. The quantitative estimate of drug-likeness (QED) is 0.858. The molecule has 0 fully saturated rings. The van der Waals surface area contributed by atoms with Gasteiger partial charge in [-0.15, -0.1) is 4.40 Å². The van der Waals surface area contributed by atoms with Crippen LogP contribution in [0.1, 0.15) is 5.76 Å². The van der Waals surface area contributed by atoms with Crippen molar-refractivity contribution in [1.29, 1.82) is 0 Å². The number of nitrogens with one attached hydrogen (secondary N) is 1. The largest absolute Gasteiger partial charge is 0.468 e. The maximum absolute atomic E-state index is 10.9. The molecule has 1 aliphatic rings. The van der Waals surface area contributed by atoms with Crippen LogP contribution in [0.5, 0.6) is 0 Å². The molecule has 2 heterocycles. The van der Waals surface area contributed by atoms with Crippen LogP contribution in [0, 0.1) is 0 Å². The van der Waals surface area contributed by atoms with E-state index in [1.165, 1.54) is 0 Å². The van der Waals surface area contributed by atoms with Gasteiger partial charge >= 0.3 is 11.3 Å². The van der Waals surface area contributed by atoms with Crippen molar-refractivity contribution < 1.29 is 12.9 Å². The van der Waals surface area contributed by atoms with Gasteiger partial charge in [0.2, 0.25) is 0 Å². The van der Waals surface area contributed by atoms with Gasteiger partial charge in [-0.25, -0.2) is 9.69 Å². The van der Waals surface area contributed by atoms with Crippen LogP contribution < -0.4 is 5.48 Å². The van der Waals surface area contributed by atoms with Gasteiger partial charge in [0.15, 0.2) is 0 Å². The number of furan rings is 1. The highest BCUT2D eigenvalue weighted by atomic mass is 32.2. The Bertz CT molecular complexity index is 591. The van der Waals surface area contributed by atoms with E-state index in [0.717, 1.165) is 16.5 Å². The summed E-state index contributed by atoms with van der Waals surface area (Å²) in [5.74, 6) is 1.29. The predicted octanol–water partition coefficient (Wildman–Crippen LogP) is 1.49. The Morgan fingerprint density at radius 1 is 1.38 bits per heavy atom. The first-order valence-corrected chi connectivity index (χ1v) is 5.74. The van der Waals surface area contributed by atoms with E-state index in [0.29, 0.717) is 12.3 Å². The summed E-state index contributed by atoms with van der Waals surface area (Å²) in [5.41, 5.74) is 2.50. The molecule has 16 heavy (non-hydrogen) atoms. The highest BCUT2D eigenvalue weighted by Crippen LogP contribution is 2.21. The average Bonchev–Trinajstić information content (AvgIpc) is 2.87. The van der Waals surface area contributed by atoms with Crippen molar-refractivity contribution in [3.8, 4) is 0 Å². The van der Waals surface area contributed by atoms with Crippen LogP contribution in [0.2, 0.25) is 0 Å². The summed E-state index contributed by atoms with van der Waals surface area (Å²) in [5, 5.41) is 2.07. The fourth-order valence-corrected chi connectivity index (χ4v) is 2.11. The monoisotopic (exact) mass is 236 g/mol. The zero-order chi connectivity index (χ0) is 11.0. The third-order valence-electron chi connectivity index (χ3n) is 2.33. The molecule has 0 amide bonds. The minimum atomic E-state index is -1.61. The van der Waals surface area contributed by atoms with Crippen molar-refractivity contribution >= 4 is 27.9 Å². The normalized spacial score (nSPS) is 19.8. The lowest BCUT2D eigenvalue weighted by molar-refractivity contribution is 0.302. The van der Waals surface area contributed by atoms with Crippen LogP contribution in [0.25, 0.3) is 10.8 Å². The lowest BCUT2D eigenvalue weighted by atomic mass is 10.1. The van der Waals surface area contributed by atoms with E-state index in [4.69, 9.17) is 4.42 Å². The van der Waals surface area contributed by atoms with Gasteiger partial charge < -0.3 is 4.42 Å². The van der Waals surface area contributed by atoms with Crippen LogP contribution in [-0.4, -0.2) is 10.0 Å². The summed E-state index contributed by atoms with van der Waals surface area (Å²) in [7, 11) is 0. The molecule has 0 saturated heterocycles. The maximum atomic E-state index is 10.9. The third-order valence-corrected chi connectivity index (χ3v) is 2.93. The van der Waals surface area contributed by atoms with Crippen molar-refractivity contribution in [2.45, 2.75) is 6.42 Å². The first kappa shape index (κ1) is 9.56. The van der Waals surface area contributed by atoms with Gasteiger partial charge in [-0.3, -0.25) is 0 Å². The number of hydrogen-bond acceptors (Lipinski definition) is 4. The number of hydrogen-bond donors (Lipinski definition) is 1. The first-order valence-electron chi connectivity index (χ1n) is 4.71. The molecule has 82 valence electrons. The third kappa shape index (κ3) is 1.62. The van der Waals surface area contributed by atoms with Gasteiger partial charge in [0.25, 0.3) is 0 Å². The predicted molar refractivity (Wildman–Crippen MR) is 59.7 cm³/mol. The molecule has 5 nitrogen and oxygen atoms in total. The summed E-state index contributed by atoms with van der Waals surface area (Å²) in [6.45, 7) is 0. The zero-order valence-corrected chi connectivity index (χ0v) is 8.99. The molecule has 0 spiro atoms. The molecule has 2 aromatic rings. The molecule has 0 aliphatic carbocycles.